The molecule has 0 aliphatic rings. The van der Waals surface area contributed by atoms with Gasteiger partial charge in [-0.1, -0.05) is 91.8 Å². The Labute approximate surface area is 195 Å². The van der Waals surface area contributed by atoms with Crippen LogP contribution in [0.25, 0.3) is 0 Å². The van der Waals surface area contributed by atoms with E-state index in [4.69, 9.17) is 5.11 Å². The van der Waals surface area contributed by atoms with Crippen LogP contribution in [-0.2, 0) is 4.79 Å². The molecule has 0 bridgehead atoms. The van der Waals surface area contributed by atoms with Gasteiger partial charge in [0, 0.05) is 16.0 Å². The molecule has 0 heterocycles. The monoisotopic (exact) mass is 485 g/mol. The van der Waals surface area contributed by atoms with Gasteiger partial charge in [0.05, 0.1) is 12.5 Å². The lowest BCUT2D eigenvalue weighted by molar-refractivity contribution is -0.137. The Hall–Kier alpha value is -2.50. The van der Waals surface area contributed by atoms with Crippen LogP contribution in [0.1, 0.15) is 75.1 Å². The van der Waals surface area contributed by atoms with E-state index in [0.29, 0.717) is 5.56 Å². The van der Waals surface area contributed by atoms with Gasteiger partial charge >= 0.3 is 5.97 Å². The van der Waals surface area contributed by atoms with Crippen LogP contribution < -0.4 is 5.32 Å². The molecule has 0 spiro atoms. The van der Waals surface area contributed by atoms with Crippen molar-refractivity contribution in [1.29, 1.82) is 0 Å². The van der Waals surface area contributed by atoms with Crippen molar-refractivity contribution in [3.8, 4) is 23.7 Å². The summed E-state index contributed by atoms with van der Waals surface area (Å²) < 4.78 is 0.842. The summed E-state index contributed by atoms with van der Waals surface area (Å²) in [4.78, 5) is 23.4. The summed E-state index contributed by atoms with van der Waals surface area (Å²) in [7, 11) is 0. The van der Waals surface area contributed by atoms with Gasteiger partial charge in [0.25, 0.3) is 5.91 Å². The van der Waals surface area contributed by atoms with E-state index in [-0.39, 0.29) is 18.4 Å². The topological polar surface area (TPSA) is 66.4 Å². The Bertz CT molecular complexity index is 841. The van der Waals surface area contributed by atoms with E-state index in [2.05, 4.69) is 58.4 Å². The third-order valence-electron chi connectivity index (χ3n) is 4.73. The van der Waals surface area contributed by atoms with Crippen LogP contribution >= 0.6 is 15.9 Å². The molecule has 0 aliphatic carbocycles. The first kappa shape index (κ1) is 26.5. The molecule has 1 amide bonds. The Balaban J connectivity index is 2.73. The molecular formula is C26H32BrNO3. The van der Waals surface area contributed by atoms with E-state index in [1.54, 1.807) is 12.1 Å². The molecule has 0 radical (unpaired) electrons. The highest BCUT2D eigenvalue weighted by Crippen LogP contribution is 2.13. The molecule has 31 heavy (non-hydrogen) atoms. The normalized spacial score (nSPS) is 11.8. The van der Waals surface area contributed by atoms with Gasteiger partial charge in [-0.15, -0.1) is 6.58 Å². The number of unbranched alkanes of at least 4 members (excludes halogenated alkanes) is 6. The summed E-state index contributed by atoms with van der Waals surface area (Å²) >= 11 is 3.39. The minimum atomic E-state index is -0.926. The molecule has 4 nitrogen and oxygen atoms in total. The maximum absolute atomic E-state index is 12.6. The van der Waals surface area contributed by atoms with E-state index >= 15 is 0 Å². The van der Waals surface area contributed by atoms with Gasteiger partial charge in [-0.05, 0) is 36.5 Å². The third-order valence-corrected chi connectivity index (χ3v) is 5.23. The van der Waals surface area contributed by atoms with Crippen LogP contribution in [-0.4, -0.2) is 23.0 Å². The van der Waals surface area contributed by atoms with Crippen LogP contribution in [0.15, 0.2) is 41.4 Å². The molecule has 1 rings (SSSR count). The Kier molecular flexibility index (Phi) is 13.9. The van der Waals surface area contributed by atoms with Crippen LogP contribution in [0.5, 0.6) is 0 Å². The number of aliphatic carboxylic acids is 1. The number of carbonyl (C=O) groups excluding carboxylic acids is 1. The molecule has 0 aromatic heterocycles. The van der Waals surface area contributed by atoms with E-state index in [9.17, 15) is 9.59 Å². The lowest BCUT2D eigenvalue weighted by Crippen LogP contribution is -2.33. The van der Waals surface area contributed by atoms with E-state index in [0.717, 1.165) is 23.7 Å². The molecule has 0 unspecified atom stereocenters. The second-order valence-electron chi connectivity index (χ2n) is 7.43. The summed E-state index contributed by atoms with van der Waals surface area (Å²) in [6, 6.07) is 6.92. The molecule has 0 aliphatic heterocycles. The number of hydrogen-bond acceptors (Lipinski definition) is 2. The average molecular weight is 486 g/mol. The second kappa shape index (κ2) is 16.2. The second-order valence-corrected chi connectivity index (χ2v) is 8.34. The zero-order valence-corrected chi connectivity index (χ0v) is 19.8. The van der Waals surface area contributed by atoms with Crippen LogP contribution in [0, 0.1) is 29.6 Å². The first-order valence-electron chi connectivity index (χ1n) is 10.9. The van der Waals surface area contributed by atoms with Crippen molar-refractivity contribution in [1.82, 2.24) is 5.32 Å². The maximum atomic E-state index is 12.6. The number of amides is 1. The van der Waals surface area contributed by atoms with Crippen molar-refractivity contribution in [2.45, 2.75) is 70.8 Å². The quantitative estimate of drug-likeness (QED) is 0.205. The predicted molar refractivity (Wildman–Crippen MR) is 129 cm³/mol. The number of carboxylic acids is 1. The minimum Gasteiger partial charge on any atom is -0.481 e. The Morgan fingerprint density at radius 1 is 1.13 bits per heavy atom. The van der Waals surface area contributed by atoms with Crippen molar-refractivity contribution in [2.24, 2.45) is 5.92 Å². The third kappa shape index (κ3) is 12.7. The lowest BCUT2D eigenvalue weighted by atomic mass is 10.0. The summed E-state index contributed by atoms with van der Waals surface area (Å²) in [5.74, 6) is 9.79. The summed E-state index contributed by atoms with van der Waals surface area (Å²) in [6.45, 7) is 5.82. The SMILES string of the molecule is C=C[C@@H](C#CC#C[C@@H](CCCCCCCCC)NC(=O)c1cccc(Br)c1)CC(=O)O. The molecule has 0 saturated heterocycles. The molecular weight excluding hydrogens is 454 g/mol. The number of carboxylic acid groups (broad SMARTS) is 1. The summed E-state index contributed by atoms with van der Waals surface area (Å²) in [5.41, 5.74) is 0.569. The first-order valence-corrected chi connectivity index (χ1v) is 11.7. The highest BCUT2D eigenvalue weighted by Gasteiger charge is 2.12. The zero-order valence-electron chi connectivity index (χ0n) is 18.3. The number of nitrogens with one attached hydrogen (secondary N) is 1. The van der Waals surface area contributed by atoms with Gasteiger partial charge in [-0.25, -0.2) is 0 Å². The highest BCUT2D eigenvalue weighted by atomic mass is 79.9. The predicted octanol–water partition coefficient (Wildman–Crippen LogP) is 5.97. The average Bonchev–Trinajstić information content (AvgIpc) is 2.74. The zero-order chi connectivity index (χ0) is 22.9. The van der Waals surface area contributed by atoms with Crippen molar-refractivity contribution in [2.75, 3.05) is 0 Å². The molecule has 166 valence electrons. The minimum absolute atomic E-state index is 0.0980. The molecule has 1 aromatic carbocycles. The van der Waals surface area contributed by atoms with Gasteiger partial charge in [0.2, 0.25) is 0 Å². The maximum Gasteiger partial charge on any atom is 0.304 e. The van der Waals surface area contributed by atoms with Crippen LogP contribution in [0.2, 0.25) is 0 Å². The summed E-state index contributed by atoms with van der Waals surface area (Å²) in [6.07, 6.45) is 10.5. The number of halogens is 1. The molecule has 2 N–H and O–H groups in total. The van der Waals surface area contributed by atoms with Crippen LogP contribution in [0.3, 0.4) is 0 Å². The largest absolute Gasteiger partial charge is 0.481 e. The number of benzene rings is 1. The lowest BCUT2D eigenvalue weighted by Gasteiger charge is -2.13. The number of carbonyl (C=O) groups is 2. The van der Waals surface area contributed by atoms with Crippen molar-refractivity contribution in [3.63, 3.8) is 0 Å². The van der Waals surface area contributed by atoms with E-state index < -0.39 is 11.9 Å². The van der Waals surface area contributed by atoms with E-state index in [1.807, 2.05) is 12.1 Å². The van der Waals surface area contributed by atoms with Crippen molar-refractivity contribution in [3.05, 3.63) is 47.0 Å². The fourth-order valence-electron chi connectivity index (χ4n) is 2.99. The van der Waals surface area contributed by atoms with Crippen molar-refractivity contribution < 1.29 is 14.7 Å². The first-order chi connectivity index (χ1) is 15.0. The Morgan fingerprint density at radius 3 is 2.45 bits per heavy atom. The summed E-state index contributed by atoms with van der Waals surface area (Å²) in [5, 5.41) is 11.9. The fraction of sp³-hybridized carbons (Fsp3) is 0.462. The fourth-order valence-corrected chi connectivity index (χ4v) is 3.39. The van der Waals surface area contributed by atoms with Gasteiger partial charge in [0.1, 0.15) is 0 Å². The van der Waals surface area contributed by atoms with Crippen molar-refractivity contribution >= 4 is 27.8 Å². The molecule has 0 saturated carbocycles. The molecule has 5 heteroatoms. The van der Waals surface area contributed by atoms with Gasteiger partial charge in [-0.2, -0.15) is 0 Å². The number of rotatable bonds is 13. The molecule has 1 aromatic rings. The van der Waals surface area contributed by atoms with Gasteiger partial charge in [0.15, 0.2) is 0 Å². The highest BCUT2D eigenvalue weighted by molar-refractivity contribution is 9.10. The molecule has 2 atom stereocenters. The molecule has 0 fully saturated rings. The smallest absolute Gasteiger partial charge is 0.304 e. The Morgan fingerprint density at radius 2 is 1.81 bits per heavy atom. The number of hydrogen-bond donors (Lipinski definition) is 2. The standard InChI is InChI=1S/C26H32BrNO3/c1-3-5-6-7-8-9-10-17-24(18-12-11-14-21(4-2)19-25(29)30)28-26(31)22-15-13-16-23(27)20-22/h4,13,15-16,20-21,24H,2-3,5-10,17,19H2,1H3,(H,28,31)(H,29,30)/t21-,24+/m0/s1. The van der Waals surface area contributed by atoms with Gasteiger partial charge < -0.3 is 10.4 Å². The number of allylic oxidation sites excluding steroid dienone is 1. The van der Waals surface area contributed by atoms with Crippen LogP contribution in [0.4, 0.5) is 0 Å². The van der Waals surface area contributed by atoms with E-state index in [1.165, 1.54) is 38.2 Å². The van der Waals surface area contributed by atoms with Gasteiger partial charge in [-0.3, -0.25) is 9.59 Å².